The monoisotopic (exact) mass is 566 g/mol. The van der Waals surface area contributed by atoms with Gasteiger partial charge in [0.25, 0.3) is 0 Å². The van der Waals surface area contributed by atoms with Crippen LogP contribution < -0.4 is 15.4 Å². The molecule has 1 unspecified atom stereocenters. The van der Waals surface area contributed by atoms with Crippen LogP contribution in [0.5, 0.6) is 5.75 Å². The Bertz CT molecular complexity index is 880. The lowest BCUT2D eigenvalue weighted by Crippen LogP contribution is -2.36. The van der Waals surface area contributed by atoms with Gasteiger partial charge < -0.3 is 20.1 Å². The van der Waals surface area contributed by atoms with Crippen molar-refractivity contribution >= 4 is 29.9 Å². The van der Waals surface area contributed by atoms with Crippen molar-refractivity contribution in [2.24, 2.45) is 4.99 Å². The van der Waals surface area contributed by atoms with Crippen molar-refractivity contribution in [1.29, 1.82) is 0 Å². The fraction of sp³-hybridized carbons (Fsp3) is 0.500. The molecule has 0 saturated carbocycles. The van der Waals surface area contributed by atoms with Gasteiger partial charge in [0.05, 0.1) is 13.2 Å². The lowest BCUT2D eigenvalue weighted by Gasteiger charge is -2.19. The quantitative estimate of drug-likeness (QED) is 0.252. The second-order valence-electron chi connectivity index (χ2n) is 8.28. The van der Waals surface area contributed by atoms with E-state index in [1.807, 2.05) is 0 Å². The Morgan fingerprint density at radius 1 is 1.09 bits per heavy atom. The highest BCUT2D eigenvalue weighted by molar-refractivity contribution is 14.0. The Morgan fingerprint density at radius 3 is 2.55 bits per heavy atom. The molecule has 0 spiro atoms. The van der Waals surface area contributed by atoms with E-state index in [0.717, 1.165) is 56.5 Å². The maximum atomic E-state index is 6.22. The summed E-state index contributed by atoms with van der Waals surface area (Å²) in [7, 11) is 1.80. The Hall–Kier alpha value is -1.84. The molecule has 7 heteroatoms. The zero-order chi connectivity index (χ0) is 22.8. The summed E-state index contributed by atoms with van der Waals surface area (Å²) < 4.78 is 11.7. The van der Waals surface area contributed by atoms with Crippen LogP contribution in [-0.4, -0.2) is 50.3 Å². The van der Waals surface area contributed by atoms with E-state index in [1.54, 1.807) is 7.05 Å². The first-order valence-electron chi connectivity index (χ1n) is 11.7. The highest BCUT2D eigenvalue weighted by Crippen LogP contribution is 2.23. The first-order chi connectivity index (χ1) is 15.6. The summed E-state index contributed by atoms with van der Waals surface area (Å²) in [5.74, 6) is 1.70. The predicted molar refractivity (Wildman–Crippen MR) is 147 cm³/mol. The van der Waals surface area contributed by atoms with E-state index >= 15 is 0 Å². The van der Waals surface area contributed by atoms with Gasteiger partial charge in [-0.1, -0.05) is 50.2 Å². The van der Waals surface area contributed by atoms with Gasteiger partial charge in [-0.25, -0.2) is 0 Å². The molecule has 33 heavy (non-hydrogen) atoms. The average Bonchev–Trinajstić information content (AvgIpc) is 3.32. The molecule has 0 bridgehead atoms. The molecule has 0 radical (unpaired) electrons. The van der Waals surface area contributed by atoms with Crippen molar-refractivity contribution in [3.8, 4) is 5.75 Å². The molecule has 1 saturated heterocycles. The number of rotatable bonds is 10. The topological polar surface area (TPSA) is 58.1 Å². The largest absolute Gasteiger partial charge is 0.488 e. The zero-order valence-electron chi connectivity index (χ0n) is 20.4. The summed E-state index contributed by atoms with van der Waals surface area (Å²) in [5.41, 5.74) is 4.90. The Kier molecular flexibility index (Phi) is 12.0. The van der Waals surface area contributed by atoms with E-state index in [1.165, 1.54) is 16.7 Å². The third-order valence-corrected chi connectivity index (χ3v) is 5.83. The minimum atomic E-state index is 0. The number of aryl methyl sites for hydroxylation is 1. The van der Waals surface area contributed by atoms with Crippen LogP contribution in [0.4, 0.5) is 0 Å². The SMILES string of the molecule is CCN(CC)Cc1cccc(CNC(=NC)NCc2ccc(C)cc2OC2CCOC2)c1.I. The Balaban J connectivity index is 0.00000385. The van der Waals surface area contributed by atoms with Crippen molar-refractivity contribution in [3.63, 3.8) is 0 Å². The standard InChI is InChI=1S/C26H38N4O2.HI/c1-5-30(6-2)18-22-9-7-8-21(15-22)16-28-26(27-4)29-17-23-11-10-20(3)14-25(23)32-24-12-13-31-19-24;/h7-11,14-15,24H,5-6,12-13,16-19H2,1-4H3,(H2,27,28,29);1H. The van der Waals surface area contributed by atoms with Gasteiger partial charge in [-0.2, -0.15) is 0 Å². The van der Waals surface area contributed by atoms with Crippen molar-refractivity contribution in [2.45, 2.75) is 52.9 Å². The van der Waals surface area contributed by atoms with E-state index in [9.17, 15) is 0 Å². The second-order valence-corrected chi connectivity index (χ2v) is 8.28. The maximum absolute atomic E-state index is 6.22. The summed E-state index contributed by atoms with van der Waals surface area (Å²) in [4.78, 5) is 6.81. The van der Waals surface area contributed by atoms with Crippen molar-refractivity contribution in [1.82, 2.24) is 15.5 Å². The number of guanidine groups is 1. The molecule has 1 aliphatic rings. The molecule has 3 rings (SSSR count). The smallest absolute Gasteiger partial charge is 0.191 e. The van der Waals surface area contributed by atoms with Gasteiger partial charge >= 0.3 is 0 Å². The second kappa shape index (κ2) is 14.4. The van der Waals surface area contributed by atoms with E-state index in [-0.39, 0.29) is 30.1 Å². The van der Waals surface area contributed by atoms with Crippen LogP contribution >= 0.6 is 24.0 Å². The van der Waals surface area contributed by atoms with Crippen LogP contribution in [0.15, 0.2) is 47.5 Å². The summed E-state index contributed by atoms with van der Waals surface area (Å²) in [6, 6.07) is 15.1. The van der Waals surface area contributed by atoms with Crippen molar-refractivity contribution < 1.29 is 9.47 Å². The van der Waals surface area contributed by atoms with E-state index in [0.29, 0.717) is 13.2 Å². The van der Waals surface area contributed by atoms with Crippen LogP contribution in [-0.2, 0) is 24.4 Å². The molecule has 1 atom stereocenters. The predicted octanol–water partition coefficient (Wildman–Crippen LogP) is 4.49. The summed E-state index contributed by atoms with van der Waals surface area (Å²) in [6.07, 6.45) is 1.08. The molecule has 0 aliphatic carbocycles. The first-order valence-corrected chi connectivity index (χ1v) is 11.7. The minimum Gasteiger partial charge on any atom is -0.488 e. The lowest BCUT2D eigenvalue weighted by molar-refractivity contribution is 0.140. The van der Waals surface area contributed by atoms with Gasteiger partial charge in [0, 0.05) is 38.7 Å². The number of nitrogens with one attached hydrogen (secondary N) is 2. The number of benzene rings is 2. The molecule has 6 nitrogen and oxygen atoms in total. The third kappa shape index (κ3) is 8.79. The minimum absolute atomic E-state index is 0. The van der Waals surface area contributed by atoms with Crippen molar-refractivity contribution in [3.05, 3.63) is 64.7 Å². The van der Waals surface area contributed by atoms with Gasteiger partial charge in [0.1, 0.15) is 11.9 Å². The number of halogens is 1. The van der Waals surface area contributed by atoms with Crippen LogP contribution in [0.3, 0.4) is 0 Å². The molecule has 1 aliphatic heterocycles. The van der Waals surface area contributed by atoms with Crippen LogP contribution in [0.2, 0.25) is 0 Å². The van der Waals surface area contributed by atoms with Crippen molar-refractivity contribution in [2.75, 3.05) is 33.4 Å². The fourth-order valence-corrected chi connectivity index (χ4v) is 3.83. The average molecular weight is 567 g/mol. The number of aliphatic imine (C=N–C) groups is 1. The number of hydrogen-bond acceptors (Lipinski definition) is 4. The summed E-state index contributed by atoms with van der Waals surface area (Å²) in [5, 5.41) is 6.86. The normalized spacial score (nSPS) is 15.9. The van der Waals surface area contributed by atoms with Gasteiger partial charge in [0.2, 0.25) is 0 Å². The lowest BCUT2D eigenvalue weighted by atomic mass is 10.1. The number of hydrogen-bond donors (Lipinski definition) is 2. The van der Waals surface area contributed by atoms with E-state index in [4.69, 9.17) is 9.47 Å². The maximum Gasteiger partial charge on any atom is 0.191 e. The number of ether oxygens (including phenoxy) is 2. The highest BCUT2D eigenvalue weighted by atomic mass is 127. The number of nitrogens with zero attached hydrogens (tertiary/aromatic N) is 2. The van der Waals surface area contributed by atoms with Crippen LogP contribution in [0, 0.1) is 6.92 Å². The van der Waals surface area contributed by atoms with Gasteiger partial charge in [-0.05, 0) is 42.8 Å². The summed E-state index contributed by atoms with van der Waals surface area (Å²) in [6.45, 7) is 12.4. The van der Waals surface area contributed by atoms with Crippen LogP contribution in [0.1, 0.15) is 42.5 Å². The van der Waals surface area contributed by atoms with Gasteiger partial charge in [-0.3, -0.25) is 9.89 Å². The molecule has 1 fully saturated rings. The molecule has 1 heterocycles. The molecular weight excluding hydrogens is 527 g/mol. The Morgan fingerprint density at radius 2 is 1.85 bits per heavy atom. The van der Waals surface area contributed by atoms with Gasteiger partial charge in [0.15, 0.2) is 5.96 Å². The fourth-order valence-electron chi connectivity index (χ4n) is 3.83. The van der Waals surface area contributed by atoms with Crippen LogP contribution in [0.25, 0.3) is 0 Å². The summed E-state index contributed by atoms with van der Waals surface area (Å²) >= 11 is 0. The molecule has 2 aromatic rings. The third-order valence-electron chi connectivity index (χ3n) is 5.83. The van der Waals surface area contributed by atoms with Gasteiger partial charge in [-0.15, -0.1) is 24.0 Å². The molecule has 0 aromatic heterocycles. The molecule has 0 amide bonds. The van der Waals surface area contributed by atoms with E-state index < -0.39 is 0 Å². The molecule has 2 aromatic carbocycles. The first kappa shape index (κ1) is 27.4. The molecular formula is C26H39IN4O2. The highest BCUT2D eigenvalue weighted by Gasteiger charge is 2.18. The zero-order valence-corrected chi connectivity index (χ0v) is 22.7. The molecule has 2 N–H and O–H groups in total. The Labute approximate surface area is 216 Å². The molecule has 182 valence electrons. The van der Waals surface area contributed by atoms with E-state index in [2.05, 4.69) is 83.8 Å².